The van der Waals surface area contributed by atoms with E-state index in [1.807, 2.05) is 33.2 Å². The molecule has 5 rings (SSSR count). The van der Waals surface area contributed by atoms with Gasteiger partial charge in [-0.3, -0.25) is 13.9 Å². The van der Waals surface area contributed by atoms with Crippen LogP contribution in [0.5, 0.6) is 0 Å². The highest BCUT2D eigenvalue weighted by Gasteiger charge is 2.20. The summed E-state index contributed by atoms with van der Waals surface area (Å²) in [6.45, 7) is 7.35. The Morgan fingerprint density at radius 2 is 1.97 bits per heavy atom. The van der Waals surface area contributed by atoms with E-state index in [9.17, 15) is 9.18 Å². The van der Waals surface area contributed by atoms with Gasteiger partial charge in [-0.15, -0.1) is 0 Å². The van der Waals surface area contributed by atoms with Crippen LogP contribution >= 0.6 is 0 Å². The van der Waals surface area contributed by atoms with Gasteiger partial charge in [-0.25, -0.2) is 9.37 Å². The van der Waals surface area contributed by atoms with E-state index in [0.717, 1.165) is 48.6 Å². The summed E-state index contributed by atoms with van der Waals surface area (Å²) in [7, 11) is 1.84. The molecule has 160 valence electrons. The number of carbonyl (C=O) groups is 1. The lowest BCUT2D eigenvalue weighted by Gasteiger charge is -2.30. The quantitative estimate of drug-likeness (QED) is 0.532. The normalized spacial score (nSPS) is 14.5. The third-order valence-corrected chi connectivity index (χ3v) is 5.88. The zero-order valence-electron chi connectivity index (χ0n) is 17.7. The molecule has 4 heterocycles. The van der Waals surface area contributed by atoms with Gasteiger partial charge in [0, 0.05) is 68.5 Å². The molecule has 0 atom stereocenters. The zero-order valence-corrected chi connectivity index (χ0v) is 17.7. The van der Waals surface area contributed by atoms with Crippen LogP contribution in [0.4, 0.5) is 15.8 Å². The van der Waals surface area contributed by atoms with E-state index >= 15 is 0 Å². The van der Waals surface area contributed by atoms with Gasteiger partial charge in [0.2, 0.25) is 0 Å². The van der Waals surface area contributed by atoms with Crippen LogP contribution in [0.25, 0.3) is 16.6 Å². The maximum atomic E-state index is 14.5. The molecule has 2 N–H and O–H groups in total. The van der Waals surface area contributed by atoms with Crippen LogP contribution in [-0.4, -0.2) is 51.3 Å². The maximum absolute atomic E-state index is 14.5. The molecule has 9 heteroatoms. The number of carbonyl (C=O) groups excluding carboxylic acids is 1. The molecule has 1 saturated heterocycles. The SMILES string of the molecule is Cc1nc2c(F)cc(NC(=O)c3ccc(N4CCNCC4)c4cn(C)nc34)cn2c1C. The number of piperazine rings is 1. The fourth-order valence-corrected chi connectivity index (χ4v) is 4.17. The zero-order chi connectivity index (χ0) is 21.7. The molecule has 1 fully saturated rings. The number of nitrogens with one attached hydrogen (secondary N) is 2. The highest BCUT2D eigenvalue weighted by molar-refractivity contribution is 6.13. The summed E-state index contributed by atoms with van der Waals surface area (Å²) >= 11 is 0. The smallest absolute Gasteiger partial charge is 0.257 e. The van der Waals surface area contributed by atoms with E-state index in [-0.39, 0.29) is 11.6 Å². The van der Waals surface area contributed by atoms with Gasteiger partial charge in [0.05, 0.1) is 16.9 Å². The van der Waals surface area contributed by atoms with E-state index in [1.165, 1.54) is 6.07 Å². The lowest BCUT2D eigenvalue weighted by atomic mass is 10.1. The van der Waals surface area contributed by atoms with Crippen molar-refractivity contribution in [1.82, 2.24) is 24.5 Å². The number of amides is 1. The van der Waals surface area contributed by atoms with E-state index in [2.05, 4.69) is 25.6 Å². The number of pyridine rings is 1. The Labute approximate surface area is 178 Å². The molecular weight excluding hydrogens is 397 g/mol. The molecule has 1 amide bonds. The van der Waals surface area contributed by atoms with Crippen LogP contribution in [0.2, 0.25) is 0 Å². The minimum Gasteiger partial charge on any atom is -0.368 e. The van der Waals surface area contributed by atoms with Crippen LogP contribution in [0.3, 0.4) is 0 Å². The summed E-state index contributed by atoms with van der Waals surface area (Å²) < 4.78 is 17.9. The Morgan fingerprint density at radius 3 is 2.74 bits per heavy atom. The summed E-state index contributed by atoms with van der Waals surface area (Å²) in [5.74, 6) is -0.810. The first-order chi connectivity index (χ1) is 14.9. The van der Waals surface area contributed by atoms with Crippen LogP contribution in [0, 0.1) is 19.7 Å². The van der Waals surface area contributed by atoms with Crippen LogP contribution < -0.4 is 15.5 Å². The van der Waals surface area contributed by atoms with Gasteiger partial charge in [0.25, 0.3) is 5.91 Å². The maximum Gasteiger partial charge on any atom is 0.257 e. The summed E-state index contributed by atoms with van der Waals surface area (Å²) in [5, 5.41) is 11.7. The van der Waals surface area contributed by atoms with Crippen molar-refractivity contribution in [3.63, 3.8) is 0 Å². The molecule has 0 bridgehead atoms. The molecule has 3 aromatic heterocycles. The number of aryl methyl sites for hydroxylation is 3. The van der Waals surface area contributed by atoms with Crippen LogP contribution in [0.15, 0.2) is 30.6 Å². The number of aromatic nitrogens is 4. The highest BCUT2D eigenvalue weighted by Crippen LogP contribution is 2.30. The molecule has 1 aliphatic rings. The molecular formula is C22H24FN7O. The number of rotatable bonds is 3. The predicted molar refractivity (Wildman–Crippen MR) is 118 cm³/mol. The van der Waals surface area contributed by atoms with Crippen molar-refractivity contribution in [2.45, 2.75) is 13.8 Å². The fraction of sp³-hybridized carbons (Fsp3) is 0.318. The third kappa shape index (κ3) is 3.31. The number of hydrogen-bond donors (Lipinski definition) is 2. The molecule has 4 aromatic rings. The van der Waals surface area contributed by atoms with Gasteiger partial charge in [-0.1, -0.05) is 0 Å². The van der Waals surface area contributed by atoms with Gasteiger partial charge in [0.1, 0.15) is 5.52 Å². The summed E-state index contributed by atoms with van der Waals surface area (Å²) in [6, 6.07) is 5.06. The number of anilines is 2. The average Bonchev–Trinajstić information content (AvgIpc) is 3.28. The molecule has 31 heavy (non-hydrogen) atoms. The number of hydrogen-bond acceptors (Lipinski definition) is 5. The van der Waals surface area contributed by atoms with Crippen molar-refractivity contribution >= 4 is 33.8 Å². The van der Waals surface area contributed by atoms with E-state index in [0.29, 0.717) is 16.8 Å². The van der Waals surface area contributed by atoms with Crippen molar-refractivity contribution in [2.24, 2.45) is 7.05 Å². The van der Waals surface area contributed by atoms with Gasteiger partial charge in [-0.05, 0) is 26.0 Å². The van der Waals surface area contributed by atoms with Gasteiger partial charge in [-0.2, -0.15) is 5.10 Å². The Kier molecular flexibility index (Phi) is 4.62. The van der Waals surface area contributed by atoms with Crippen molar-refractivity contribution in [3.8, 4) is 0 Å². The first kappa shape index (κ1) is 19.5. The second kappa shape index (κ2) is 7.35. The van der Waals surface area contributed by atoms with E-state index < -0.39 is 5.82 Å². The molecule has 0 saturated carbocycles. The molecule has 0 spiro atoms. The second-order valence-electron chi connectivity index (χ2n) is 7.94. The van der Waals surface area contributed by atoms with Gasteiger partial charge in [0.15, 0.2) is 11.5 Å². The number of halogens is 1. The number of imidazole rings is 1. The van der Waals surface area contributed by atoms with Crippen molar-refractivity contribution < 1.29 is 9.18 Å². The largest absolute Gasteiger partial charge is 0.368 e. The van der Waals surface area contributed by atoms with Gasteiger partial charge < -0.3 is 15.5 Å². The van der Waals surface area contributed by atoms with Crippen molar-refractivity contribution in [1.29, 1.82) is 0 Å². The van der Waals surface area contributed by atoms with Gasteiger partial charge >= 0.3 is 0 Å². The standard InChI is InChI=1S/C22H24FN7O/c1-13-14(2)30-11-15(10-18(23)21(30)25-13)26-22(31)16-4-5-19(29-8-6-24-7-9-29)17-12-28(3)27-20(16)17/h4-5,10-12,24H,6-9H2,1-3H3,(H,26,31). The number of nitrogens with zero attached hydrogens (tertiary/aromatic N) is 5. The minimum atomic E-state index is -0.481. The number of fused-ring (bicyclic) bond motifs is 2. The monoisotopic (exact) mass is 421 g/mol. The Morgan fingerprint density at radius 1 is 1.19 bits per heavy atom. The van der Waals surface area contributed by atoms with Crippen LogP contribution in [0.1, 0.15) is 21.7 Å². The first-order valence-corrected chi connectivity index (χ1v) is 10.3. The topological polar surface area (TPSA) is 79.5 Å². The Bertz CT molecular complexity index is 1320. The van der Waals surface area contributed by atoms with E-state index in [4.69, 9.17) is 0 Å². The van der Waals surface area contributed by atoms with Crippen molar-refractivity contribution in [2.75, 3.05) is 36.4 Å². The molecule has 0 radical (unpaired) electrons. The summed E-state index contributed by atoms with van der Waals surface area (Å²) in [5.41, 5.74) is 4.35. The lowest BCUT2D eigenvalue weighted by Crippen LogP contribution is -2.43. The Balaban J connectivity index is 1.52. The molecule has 1 aliphatic heterocycles. The van der Waals surface area contributed by atoms with E-state index in [1.54, 1.807) is 21.3 Å². The number of benzene rings is 1. The summed E-state index contributed by atoms with van der Waals surface area (Å²) in [6.07, 6.45) is 3.63. The molecule has 0 aliphatic carbocycles. The average molecular weight is 421 g/mol. The first-order valence-electron chi connectivity index (χ1n) is 10.3. The molecule has 8 nitrogen and oxygen atoms in total. The minimum absolute atomic E-state index is 0.250. The molecule has 1 aromatic carbocycles. The lowest BCUT2D eigenvalue weighted by molar-refractivity contribution is 0.102. The second-order valence-corrected chi connectivity index (χ2v) is 7.94. The highest BCUT2D eigenvalue weighted by atomic mass is 19.1. The summed E-state index contributed by atoms with van der Waals surface area (Å²) in [4.78, 5) is 19.7. The third-order valence-electron chi connectivity index (χ3n) is 5.88. The van der Waals surface area contributed by atoms with Crippen molar-refractivity contribution in [3.05, 3.63) is 53.4 Å². The Hall–Kier alpha value is -3.46. The fourth-order valence-electron chi connectivity index (χ4n) is 4.17. The van der Waals surface area contributed by atoms with Crippen LogP contribution in [-0.2, 0) is 7.05 Å². The molecule has 0 unspecified atom stereocenters. The predicted octanol–water partition coefficient (Wildman–Crippen LogP) is 2.64.